The summed E-state index contributed by atoms with van der Waals surface area (Å²) in [5, 5.41) is 33.8. The van der Waals surface area contributed by atoms with Gasteiger partial charge in [0.2, 0.25) is 0 Å². The van der Waals surface area contributed by atoms with E-state index >= 15 is 0 Å². The SMILES string of the molecule is CCCCOCCCC.O=C(O)CC(O)(CC(=O)O)C(=O)O. The molecular formula is C14H26O8. The minimum atomic E-state index is -2.74. The van der Waals surface area contributed by atoms with Crippen LogP contribution < -0.4 is 0 Å². The number of ether oxygens (including phenoxy) is 1. The van der Waals surface area contributed by atoms with Gasteiger partial charge in [-0.1, -0.05) is 26.7 Å². The van der Waals surface area contributed by atoms with Gasteiger partial charge < -0.3 is 25.2 Å². The average molecular weight is 322 g/mol. The number of carbonyl (C=O) groups is 3. The predicted molar refractivity (Wildman–Crippen MR) is 77.7 cm³/mol. The van der Waals surface area contributed by atoms with Crippen molar-refractivity contribution in [3.05, 3.63) is 0 Å². The van der Waals surface area contributed by atoms with E-state index in [-0.39, 0.29) is 0 Å². The summed E-state index contributed by atoms with van der Waals surface area (Å²) >= 11 is 0. The van der Waals surface area contributed by atoms with Crippen molar-refractivity contribution in [1.82, 2.24) is 0 Å². The summed E-state index contributed by atoms with van der Waals surface area (Å²) in [6.45, 7) is 6.28. The summed E-state index contributed by atoms with van der Waals surface area (Å²) in [6.07, 6.45) is 2.62. The van der Waals surface area contributed by atoms with Crippen LogP contribution in [0.2, 0.25) is 0 Å². The molecule has 0 fully saturated rings. The van der Waals surface area contributed by atoms with Gasteiger partial charge in [0.15, 0.2) is 5.60 Å². The fraction of sp³-hybridized carbons (Fsp3) is 0.786. The molecule has 0 heterocycles. The first-order valence-electron chi connectivity index (χ1n) is 7.16. The summed E-state index contributed by atoms with van der Waals surface area (Å²) in [5.74, 6) is -5.02. The lowest BCUT2D eigenvalue weighted by Gasteiger charge is -2.18. The average Bonchev–Trinajstić information content (AvgIpc) is 2.37. The number of aliphatic carboxylic acids is 3. The number of hydrogen-bond acceptors (Lipinski definition) is 5. The third-order valence-corrected chi connectivity index (χ3v) is 2.57. The van der Waals surface area contributed by atoms with E-state index in [0.29, 0.717) is 0 Å². The molecule has 0 rings (SSSR count). The van der Waals surface area contributed by atoms with E-state index in [0.717, 1.165) is 13.2 Å². The normalized spacial score (nSPS) is 10.5. The topological polar surface area (TPSA) is 141 Å². The Morgan fingerprint density at radius 2 is 1.23 bits per heavy atom. The minimum absolute atomic E-state index is 0.955. The van der Waals surface area contributed by atoms with Crippen LogP contribution in [0.1, 0.15) is 52.4 Å². The van der Waals surface area contributed by atoms with E-state index < -0.39 is 36.4 Å². The lowest BCUT2D eigenvalue weighted by molar-refractivity contribution is -0.170. The number of carboxylic acids is 3. The molecule has 8 nitrogen and oxygen atoms in total. The Balaban J connectivity index is 0. The van der Waals surface area contributed by atoms with Crippen LogP contribution in [0.5, 0.6) is 0 Å². The van der Waals surface area contributed by atoms with Crippen LogP contribution in [-0.4, -0.2) is 57.1 Å². The molecule has 0 aliphatic carbocycles. The summed E-state index contributed by atoms with van der Waals surface area (Å²) in [5.41, 5.74) is -2.74. The zero-order valence-electron chi connectivity index (χ0n) is 13.1. The second kappa shape index (κ2) is 13.0. The molecule has 0 spiro atoms. The van der Waals surface area contributed by atoms with E-state index in [1.54, 1.807) is 0 Å². The van der Waals surface area contributed by atoms with E-state index in [2.05, 4.69) is 13.8 Å². The molecule has 0 bridgehead atoms. The zero-order valence-corrected chi connectivity index (χ0v) is 13.1. The van der Waals surface area contributed by atoms with Crippen LogP contribution in [0.3, 0.4) is 0 Å². The van der Waals surface area contributed by atoms with Gasteiger partial charge in [0.1, 0.15) is 0 Å². The molecule has 22 heavy (non-hydrogen) atoms. The Kier molecular flexibility index (Phi) is 13.4. The number of carboxylic acid groups (broad SMARTS) is 3. The highest BCUT2D eigenvalue weighted by Gasteiger charge is 2.40. The summed E-state index contributed by atoms with van der Waals surface area (Å²) in [4.78, 5) is 30.5. The van der Waals surface area contributed by atoms with E-state index in [1.165, 1.54) is 25.7 Å². The second-order valence-electron chi connectivity index (χ2n) is 4.80. The number of unbranched alkanes of at least 4 members (excludes halogenated alkanes) is 2. The fourth-order valence-electron chi connectivity index (χ4n) is 1.31. The highest BCUT2D eigenvalue weighted by Crippen LogP contribution is 2.15. The van der Waals surface area contributed by atoms with Gasteiger partial charge in [-0.2, -0.15) is 0 Å². The first-order valence-corrected chi connectivity index (χ1v) is 7.16. The Morgan fingerprint density at radius 3 is 1.45 bits per heavy atom. The van der Waals surface area contributed by atoms with Gasteiger partial charge in [-0.25, -0.2) is 4.79 Å². The van der Waals surface area contributed by atoms with Gasteiger partial charge >= 0.3 is 17.9 Å². The van der Waals surface area contributed by atoms with Gasteiger partial charge in [-0.15, -0.1) is 0 Å². The zero-order chi connectivity index (χ0) is 17.6. The Labute approximate surface area is 129 Å². The van der Waals surface area contributed by atoms with E-state index in [1.807, 2.05) is 0 Å². The van der Waals surface area contributed by atoms with Crippen molar-refractivity contribution in [3.63, 3.8) is 0 Å². The summed E-state index contributed by atoms with van der Waals surface area (Å²) < 4.78 is 5.31. The Hall–Kier alpha value is -1.67. The number of hydrogen-bond donors (Lipinski definition) is 4. The molecule has 0 saturated carbocycles. The van der Waals surface area contributed by atoms with Crippen LogP contribution in [-0.2, 0) is 19.1 Å². The van der Waals surface area contributed by atoms with Crippen molar-refractivity contribution in [1.29, 1.82) is 0 Å². The van der Waals surface area contributed by atoms with Crippen LogP contribution in [0.15, 0.2) is 0 Å². The molecule has 0 aromatic heterocycles. The molecule has 0 radical (unpaired) electrons. The van der Waals surface area contributed by atoms with Crippen LogP contribution in [0, 0.1) is 0 Å². The molecule has 0 unspecified atom stereocenters. The maximum absolute atomic E-state index is 10.3. The van der Waals surface area contributed by atoms with Crippen LogP contribution in [0.4, 0.5) is 0 Å². The molecule has 0 saturated heterocycles. The van der Waals surface area contributed by atoms with E-state index in [4.69, 9.17) is 25.2 Å². The third-order valence-electron chi connectivity index (χ3n) is 2.57. The van der Waals surface area contributed by atoms with Gasteiger partial charge in [-0.05, 0) is 12.8 Å². The predicted octanol–water partition coefficient (Wildman–Crippen LogP) is 1.35. The minimum Gasteiger partial charge on any atom is -0.481 e. The van der Waals surface area contributed by atoms with Crippen molar-refractivity contribution < 1.29 is 39.5 Å². The smallest absolute Gasteiger partial charge is 0.336 e. The summed E-state index contributed by atoms with van der Waals surface area (Å²) in [7, 11) is 0. The maximum atomic E-state index is 10.3. The molecule has 130 valence electrons. The molecule has 0 aromatic rings. The monoisotopic (exact) mass is 322 g/mol. The molecule has 0 amide bonds. The van der Waals surface area contributed by atoms with E-state index in [9.17, 15) is 14.4 Å². The molecule has 4 N–H and O–H groups in total. The summed E-state index contributed by atoms with van der Waals surface area (Å²) in [6, 6.07) is 0. The lowest BCUT2D eigenvalue weighted by Crippen LogP contribution is -2.42. The van der Waals surface area contributed by atoms with Crippen molar-refractivity contribution >= 4 is 17.9 Å². The highest BCUT2D eigenvalue weighted by atomic mass is 16.5. The van der Waals surface area contributed by atoms with Gasteiger partial charge in [0.25, 0.3) is 0 Å². The first-order chi connectivity index (χ1) is 10.2. The lowest BCUT2D eigenvalue weighted by atomic mass is 9.96. The molecule has 8 heteroatoms. The van der Waals surface area contributed by atoms with Gasteiger partial charge in [0.05, 0.1) is 12.8 Å². The van der Waals surface area contributed by atoms with Crippen molar-refractivity contribution in [2.75, 3.05) is 13.2 Å². The van der Waals surface area contributed by atoms with Crippen molar-refractivity contribution in [3.8, 4) is 0 Å². The molecule has 0 aliphatic heterocycles. The van der Waals surface area contributed by atoms with Gasteiger partial charge in [-0.3, -0.25) is 9.59 Å². The Bertz CT molecular complexity index is 318. The first kappa shape index (κ1) is 22.6. The van der Waals surface area contributed by atoms with Gasteiger partial charge in [0, 0.05) is 13.2 Å². The molecule has 0 aliphatic rings. The standard InChI is InChI=1S/C8H18O.C6H8O7/c1-3-5-7-9-8-6-4-2;7-3(8)1-6(13,5(11)12)2-4(9)10/h3-8H2,1-2H3;13H,1-2H2,(H,7,8)(H,9,10)(H,11,12). The van der Waals surface area contributed by atoms with Crippen molar-refractivity contribution in [2.45, 2.75) is 58.0 Å². The highest BCUT2D eigenvalue weighted by molar-refractivity contribution is 5.88. The number of rotatable bonds is 11. The second-order valence-corrected chi connectivity index (χ2v) is 4.80. The molecule has 0 atom stereocenters. The quantitative estimate of drug-likeness (QED) is 0.418. The third kappa shape index (κ3) is 13.3. The van der Waals surface area contributed by atoms with Crippen molar-refractivity contribution in [2.24, 2.45) is 0 Å². The number of aliphatic hydroxyl groups is 1. The fourth-order valence-corrected chi connectivity index (χ4v) is 1.31. The largest absolute Gasteiger partial charge is 0.481 e. The van der Waals surface area contributed by atoms with Crippen LogP contribution in [0.25, 0.3) is 0 Å². The molecular weight excluding hydrogens is 296 g/mol. The maximum Gasteiger partial charge on any atom is 0.336 e. The van der Waals surface area contributed by atoms with Crippen LogP contribution >= 0.6 is 0 Å². The molecule has 0 aromatic carbocycles. The Morgan fingerprint density at radius 1 is 0.864 bits per heavy atom.